The van der Waals surface area contributed by atoms with E-state index in [2.05, 4.69) is 5.11 Å². The second kappa shape index (κ2) is 1.86. The molecule has 42 valence electrons. The van der Waals surface area contributed by atoms with Crippen molar-refractivity contribution in [1.82, 2.24) is 0 Å². The minimum Gasteiger partial charge on any atom is -0.508 e. The second-order valence-electron chi connectivity index (χ2n) is 1.20. The minimum atomic E-state index is -2.75. The third-order valence-electron chi connectivity index (χ3n) is 0.602. The fraction of sp³-hybridized carbons (Fsp3) is 0.143. The van der Waals surface area contributed by atoms with Gasteiger partial charge in [0.15, 0.2) is 0 Å². The van der Waals surface area contributed by atoms with Gasteiger partial charge in [-0.05, 0) is 24.5 Å². The van der Waals surface area contributed by atoms with E-state index in [9.17, 15) is 0 Å². The summed E-state index contributed by atoms with van der Waals surface area (Å²) in [6.45, 7) is -2.75. The molecule has 0 radical (unpaired) electrons. The van der Waals surface area contributed by atoms with Crippen molar-refractivity contribution in [3.8, 4) is 5.75 Å². The van der Waals surface area contributed by atoms with Gasteiger partial charge in [0.1, 0.15) is 5.75 Å². The van der Waals surface area contributed by atoms with E-state index in [1.54, 1.807) is 0 Å². The molecule has 0 saturated heterocycles. The number of aromatic hydroxyl groups is 1. The Bertz CT molecular complexity index is 424. The van der Waals surface area contributed by atoms with Crippen LogP contribution >= 0.6 is 0 Å². The molecule has 0 atom stereocenters. The predicted molar refractivity (Wildman–Crippen MR) is 32.8 cm³/mol. The highest BCUT2D eigenvalue weighted by Crippen LogP contribution is 2.08. The van der Waals surface area contributed by atoms with Crippen molar-refractivity contribution < 1.29 is 14.7 Å². The third kappa shape index (κ3) is 0.997. The molecule has 1 N–H and O–H groups in total. The van der Waals surface area contributed by atoms with E-state index in [4.69, 9.17) is 11.0 Å². The van der Waals surface area contributed by atoms with Gasteiger partial charge in [0.2, 0.25) is 0 Å². The first-order valence-corrected chi connectivity index (χ1v) is 1.95. The van der Waals surface area contributed by atoms with Gasteiger partial charge in [-0.15, -0.1) is 0 Å². The van der Waals surface area contributed by atoms with Gasteiger partial charge in [-0.2, -0.15) is 0 Å². The van der Waals surface area contributed by atoms with E-state index < -0.39 is 42.3 Å². The molecule has 0 saturated carbocycles. The maximum atomic E-state index is 7.45. The van der Waals surface area contributed by atoms with Crippen LogP contribution in [0.1, 0.15) is 15.2 Å². The smallest absolute Gasteiger partial charge is 0.293 e. The normalized spacial score (nSPS) is 24.5. The maximum absolute atomic E-state index is 7.45. The summed E-state index contributed by atoms with van der Waals surface area (Å²) in [7, 11) is 0. The molecule has 0 aromatic heterocycles. The Hall–Kier alpha value is -0.980. The van der Waals surface area contributed by atoms with Crippen LogP contribution in [0.2, 0.25) is 0 Å². The molecule has 1 aromatic rings. The number of hydrogen-bond acceptors (Lipinski definition) is 1. The Morgan fingerprint density at radius 1 is 1.88 bits per heavy atom. The Morgan fingerprint density at radius 2 is 2.88 bits per heavy atom. The third-order valence-corrected chi connectivity index (χ3v) is 0.602. The highest BCUT2D eigenvalue weighted by molar-refractivity contribution is 5.25. The van der Waals surface area contributed by atoms with Crippen LogP contribution in [0, 0.1) is 6.85 Å². The lowest BCUT2D eigenvalue weighted by molar-refractivity contribution is 0.475. The number of benzene rings is 1. The van der Waals surface area contributed by atoms with Crippen molar-refractivity contribution in [3.63, 3.8) is 0 Å². The summed E-state index contributed by atoms with van der Waals surface area (Å²) in [4.78, 5) is 0. The van der Waals surface area contributed by atoms with E-state index in [0.717, 1.165) is 0 Å². The molecule has 8 heavy (non-hydrogen) atoms. The summed E-state index contributed by atoms with van der Waals surface area (Å²) in [5.41, 5.74) is -0.671. The van der Waals surface area contributed by atoms with Crippen LogP contribution in [0.25, 0.3) is 0 Å². The lowest BCUT2D eigenvalue weighted by Crippen LogP contribution is -1.66. The Balaban J connectivity index is 3.69. The van der Waals surface area contributed by atoms with Crippen molar-refractivity contribution in [1.29, 1.82) is 1.43 Å². The zero-order valence-corrected chi connectivity index (χ0v) is 3.91. The standard InChI is InChI=1S/C7H8O/c1-6-3-2-4-7(8)5-6/h2-5,8H,1H3/i1D3,2D,3D,4D,5D/hD. The quantitative estimate of drug-likeness (QED) is 0.592. The zero-order valence-electron chi connectivity index (χ0n) is 11.9. The fourth-order valence-electron chi connectivity index (χ4n) is 0.327. The van der Waals surface area contributed by atoms with Gasteiger partial charge in [0, 0.05) is 4.11 Å². The van der Waals surface area contributed by atoms with E-state index in [1.807, 2.05) is 0 Å². The highest BCUT2D eigenvalue weighted by Gasteiger charge is 1.83. The van der Waals surface area contributed by atoms with Crippen LogP contribution in [0.15, 0.2) is 24.2 Å². The first-order valence-electron chi connectivity index (χ1n) is 5.86. The van der Waals surface area contributed by atoms with Gasteiger partial charge in [-0.3, -0.25) is 0 Å². The summed E-state index contributed by atoms with van der Waals surface area (Å²) < 4.78 is 57.5. The monoisotopic (exact) mass is 116 g/mol. The lowest BCUT2D eigenvalue weighted by Gasteiger charge is -1.89. The van der Waals surface area contributed by atoms with Crippen molar-refractivity contribution in [3.05, 3.63) is 29.7 Å². The van der Waals surface area contributed by atoms with E-state index in [0.29, 0.717) is 0 Å². The van der Waals surface area contributed by atoms with Crippen molar-refractivity contribution >= 4 is 0 Å². The SMILES string of the molecule is [2H]Oc1c([2H])c([2H])c([2H])c(C([2H])([2H])[2H])c1[2H]. The predicted octanol–water partition coefficient (Wildman–Crippen LogP) is 1.70. The molecular weight excluding hydrogens is 100 g/mol. The second-order valence-corrected chi connectivity index (χ2v) is 1.20. The van der Waals surface area contributed by atoms with Gasteiger partial charge in [0.05, 0.1) is 5.48 Å². The van der Waals surface area contributed by atoms with Crippen LogP contribution in [0.3, 0.4) is 0 Å². The molecule has 0 spiro atoms. The van der Waals surface area contributed by atoms with Crippen LogP contribution in [-0.2, 0) is 0 Å². The summed E-state index contributed by atoms with van der Waals surface area (Å²) in [5.74, 6) is -0.618. The fourth-order valence-corrected chi connectivity index (χ4v) is 0.327. The Morgan fingerprint density at radius 3 is 3.62 bits per heavy atom. The van der Waals surface area contributed by atoms with Crippen LogP contribution in [-0.4, -0.2) is 6.54 Å². The molecule has 1 heteroatoms. The molecule has 0 heterocycles. The number of hydrogen-bond donors (Lipinski definition) is 1. The van der Waals surface area contributed by atoms with Crippen molar-refractivity contribution in [2.45, 2.75) is 6.85 Å². The van der Waals surface area contributed by atoms with Gasteiger partial charge in [-0.25, -0.2) is 0 Å². The largest absolute Gasteiger partial charge is 0.508 e. The molecule has 0 unspecified atom stereocenters. The summed E-state index contributed by atoms with van der Waals surface area (Å²) in [5, 5.41) is 3.97. The van der Waals surface area contributed by atoms with Crippen molar-refractivity contribution in [2.24, 2.45) is 0 Å². The van der Waals surface area contributed by atoms with Crippen LogP contribution < -0.4 is 0 Å². The number of phenolic OH excluding ortho intramolecular Hbond substituents is 1. The van der Waals surface area contributed by atoms with Gasteiger partial charge in [-0.1, -0.05) is 12.1 Å². The first-order chi connectivity index (χ1) is 7.21. The highest BCUT2D eigenvalue weighted by atomic mass is 16.3. The average Bonchev–Trinajstić information content (AvgIpc) is 2.13. The van der Waals surface area contributed by atoms with E-state index in [-0.39, 0.29) is 0 Å². The molecule has 0 aliphatic carbocycles. The lowest BCUT2D eigenvalue weighted by atomic mass is 10.2. The van der Waals surface area contributed by atoms with E-state index in [1.165, 1.54) is 0 Å². The topological polar surface area (TPSA) is 20.2 Å². The number of phenols is 1. The zero-order chi connectivity index (χ0) is 12.7. The summed E-state index contributed by atoms with van der Waals surface area (Å²) in [6, 6.07) is -2.70. The molecule has 0 aliphatic rings. The molecule has 1 aromatic carbocycles. The van der Waals surface area contributed by atoms with Crippen LogP contribution in [0.5, 0.6) is 5.75 Å². The maximum Gasteiger partial charge on any atom is 0.293 e. The first kappa shape index (κ1) is 1.13. The Kier molecular flexibility index (Phi) is 0.263. The average molecular weight is 116 g/mol. The molecular formula is C7H8O. The minimum absolute atomic E-state index is 0.618. The summed E-state index contributed by atoms with van der Waals surface area (Å²) >= 11 is 0. The molecule has 0 amide bonds. The molecule has 1 rings (SSSR count). The molecule has 1 nitrogen and oxygen atoms in total. The van der Waals surface area contributed by atoms with Gasteiger partial charge < -0.3 is 5.11 Å². The van der Waals surface area contributed by atoms with E-state index >= 15 is 0 Å². The van der Waals surface area contributed by atoms with Gasteiger partial charge in [0.25, 0.3) is 1.43 Å². The molecule has 0 aliphatic heterocycles. The Labute approximate surface area is 59.9 Å². The molecule has 0 fully saturated rings. The molecule has 0 bridgehead atoms. The number of rotatable bonds is 1. The van der Waals surface area contributed by atoms with Crippen molar-refractivity contribution in [2.75, 3.05) is 0 Å². The van der Waals surface area contributed by atoms with Gasteiger partial charge >= 0.3 is 0 Å². The van der Waals surface area contributed by atoms with Crippen LogP contribution in [0.4, 0.5) is 0 Å². The summed E-state index contributed by atoms with van der Waals surface area (Å²) in [6.07, 6.45) is 0.